The van der Waals surface area contributed by atoms with E-state index in [1.165, 1.54) is 5.56 Å². The third-order valence-electron chi connectivity index (χ3n) is 3.88. The molecule has 0 fully saturated rings. The average Bonchev–Trinajstić information content (AvgIpc) is 3.12. The fourth-order valence-electron chi connectivity index (χ4n) is 2.41. The molecule has 6 heteroatoms. The van der Waals surface area contributed by atoms with Crippen molar-refractivity contribution in [3.05, 3.63) is 63.8 Å². The van der Waals surface area contributed by atoms with Crippen molar-refractivity contribution in [2.75, 3.05) is 0 Å². The topological polar surface area (TPSA) is 80.5 Å². The molecule has 0 spiro atoms. The lowest BCUT2D eigenvalue weighted by Crippen LogP contribution is -2.06. The summed E-state index contributed by atoms with van der Waals surface area (Å²) in [7, 11) is 0. The third-order valence-corrected chi connectivity index (χ3v) is 3.88. The quantitative estimate of drug-likeness (QED) is 0.737. The smallest absolute Gasteiger partial charge is 0.190 e. The summed E-state index contributed by atoms with van der Waals surface area (Å²) < 4.78 is 6.88. The molecule has 0 aliphatic carbocycles. The molecule has 0 radical (unpaired) electrons. The Morgan fingerprint density at radius 3 is 2.54 bits per heavy atom. The summed E-state index contributed by atoms with van der Waals surface area (Å²) in [6.45, 7) is 6.25. The van der Waals surface area contributed by atoms with Crippen LogP contribution < -0.4 is 0 Å². The third kappa shape index (κ3) is 3.10. The zero-order valence-corrected chi connectivity index (χ0v) is 13.8. The minimum atomic E-state index is 0.296. The molecule has 0 unspecified atom stereocenters. The maximum absolute atomic E-state index is 9.27. The fraction of sp³-hybridized carbons (Fsp3) is 0.222. The normalized spacial score (nSPS) is 11.1. The van der Waals surface area contributed by atoms with Gasteiger partial charge in [-0.25, -0.2) is 4.68 Å². The first-order chi connectivity index (χ1) is 11.6. The van der Waals surface area contributed by atoms with Crippen molar-refractivity contribution in [1.29, 1.82) is 5.26 Å². The highest BCUT2D eigenvalue weighted by molar-refractivity contribution is 5.70. The zero-order chi connectivity index (χ0) is 17.1. The van der Waals surface area contributed by atoms with Gasteiger partial charge < -0.3 is 4.52 Å². The average molecular weight is 319 g/mol. The molecule has 3 aromatic rings. The molecule has 2 aromatic heterocycles. The second-order valence-electron chi connectivity index (χ2n) is 5.64. The SMILES string of the molecule is Cc1ccc(/C=C/c2c(C#N)nnn2Cc2c(C)noc2C)cc1. The van der Waals surface area contributed by atoms with Crippen molar-refractivity contribution >= 4 is 12.2 Å². The van der Waals surface area contributed by atoms with Crippen molar-refractivity contribution in [3.8, 4) is 6.07 Å². The van der Waals surface area contributed by atoms with Crippen LogP contribution in [0.5, 0.6) is 0 Å². The lowest BCUT2D eigenvalue weighted by Gasteiger charge is -2.03. The maximum atomic E-state index is 9.27. The number of hydrogen-bond donors (Lipinski definition) is 0. The molecule has 2 heterocycles. The van der Waals surface area contributed by atoms with Crippen molar-refractivity contribution in [1.82, 2.24) is 20.2 Å². The molecule has 0 amide bonds. The van der Waals surface area contributed by atoms with Gasteiger partial charge in [0.25, 0.3) is 0 Å². The van der Waals surface area contributed by atoms with Crippen LogP contribution in [0.15, 0.2) is 28.8 Å². The molecule has 0 saturated carbocycles. The zero-order valence-electron chi connectivity index (χ0n) is 13.8. The maximum Gasteiger partial charge on any atom is 0.190 e. The Morgan fingerprint density at radius 2 is 1.92 bits per heavy atom. The van der Waals surface area contributed by atoms with Gasteiger partial charge in [-0.2, -0.15) is 5.26 Å². The summed E-state index contributed by atoms with van der Waals surface area (Å²) in [5.74, 6) is 0.745. The van der Waals surface area contributed by atoms with Gasteiger partial charge in [-0.15, -0.1) is 5.10 Å². The minimum Gasteiger partial charge on any atom is -0.361 e. The van der Waals surface area contributed by atoms with E-state index in [9.17, 15) is 5.26 Å². The van der Waals surface area contributed by atoms with E-state index >= 15 is 0 Å². The number of hydrogen-bond acceptors (Lipinski definition) is 5. The summed E-state index contributed by atoms with van der Waals surface area (Å²) in [6, 6.07) is 10.2. The molecular weight excluding hydrogens is 302 g/mol. The second-order valence-corrected chi connectivity index (χ2v) is 5.64. The predicted octanol–water partition coefficient (Wildman–Crippen LogP) is 3.28. The first kappa shape index (κ1) is 15.7. The van der Waals surface area contributed by atoms with E-state index in [1.54, 1.807) is 4.68 Å². The first-order valence-electron chi connectivity index (χ1n) is 7.58. The van der Waals surface area contributed by atoms with E-state index in [-0.39, 0.29) is 0 Å². The number of nitriles is 1. The van der Waals surface area contributed by atoms with Gasteiger partial charge in [0.05, 0.1) is 17.9 Å². The summed E-state index contributed by atoms with van der Waals surface area (Å²) in [5, 5.41) is 21.3. The van der Waals surface area contributed by atoms with Gasteiger partial charge in [0.15, 0.2) is 5.69 Å². The molecule has 0 saturated heterocycles. The summed E-state index contributed by atoms with van der Waals surface area (Å²) in [4.78, 5) is 0. The summed E-state index contributed by atoms with van der Waals surface area (Å²) >= 11 is 0. The predicted molar refractivity (Wildman–Crippen MR) is 89.9 cm³/mol. The van der Waals surface area contributed by atoms with Gasteiger partial charge in [-0.05, 0) is 32.4 Å². The van der Waals surface area contributed by atoms with E-state index in [4.69, 9.17) is 4.52 Å². The Hall–Kier alpha value is -3.20. The minimum absolute atomic E-state index is 0.296. The molecule has 0 atom stereocenters. The number of aryl methyl sites for hydroxylation is 3. The highest BCUT2D eigenvalue weighted by Gasteiger charge is 2.15. The lowest BCUT2D eigenvalue weighted by molar-refractivity contribution is 0.391. The van der Waals surface area contributed by atoms with E-state index in [2.05, 4.69) is 21.5 Å². The van der Waals surface area contributed by atoms with Crippen LogP contribution in [0.3, 0.4) is 0 Å². The number of rotatable bonds is 4. The monoisotopic (exact) mass is 319 g/mol. The van der Waals surface area contributed by atoms with E-state index in [0.29, 0.717) is 17.9 Å². The van der Waals surface area contributed by atoms with Gasteiger partial charge in [-0.3, -0.25) is 0 Å². The molecule has 0 aliphatic rings. The van der Waals surface area contributed by atoms with Crippen LogP contribution in [-0.2, 0) is 6.54 Å². The Bertz CT molecular complexity index is 906. The summed E-state index contributed by atoms with van der Waals surface area (Å²) in [6.07, 6.45) is 3.81. The van der Waals surface area contributed by atoms with Gasteiger partial charge in [0.1, 0.15) is 11.8 Å². The van der Waals surface area contributed by atoms with Crippen LogP contribution in [0.2, 0.25) is 0 Å². The Morgan fingerprint density at radius 1 is 1.17 bits per heavy atom. The number of aromatic nitrogens is 4. The molecule has 1 aromatic carbocycles. The van der Waals surface area contributed by atoms with Gasteiger partial charge in [-0.1, -0.05) is 46.3 Å². The number of benzene rings is 1. The van der Waals surface area contributed by atoms with Crippen molar-refractivity contribution in [2.24, 2.45) is 0 Å². The molecule has 0 bridgehead atoms. The van der Waals surface area contributed by atoms with Crippen LogP contribution in [0.4, 0.5) is 0 Å². The molecule has 120 valence electrons. The molecule has 0 N–H and O–H groups in total. The van der Waals surface area contributed by atoms with Gasteiger partial charge in [0, 0.05) is 5.56 Å². The first-order valence-corrected chi connectivity index (χ1v) is 7.58. The number of nitrogens with zero attached hydrogens (tertiary/aromatic N) is 5. The highest BCUT2D eigenvalue weighted by atomic mass is 16.5. The van der Waals surface area contributed by atoms with Crippen LogP contribution >= 0.6 is 0 Å². The van der Waals surface area contributed by atoms with E-state index in [1.807, 2.05) is 57.2 Å². The molecule has 3 rings (SSSR count). The van der Waals surface area contributed by atoms with E-state index < -0.39 is 0 Å². The van der Waals surface area contributed by atoms with Crippen LogP contribution in [0.25, 0.3) is 12.2 Å². The van der Waals surface area contributed by atoms with Gasteiger partial charge in [0.2, 0.25) is 0 Å². The second kappa shape index (κ2) is 6.50. The van der Waals surface area contributed by atoms with Crippen LogP contribution in [-0.4, -0.2) is 20.2 Å². The Kier molecular flexibility index (Phi) is 4.25. The lowest BCUT2D eigenvalue weighted by atomic mass is 10.1. The fourth-order valence-corrected chi connectivity index (χ4v) is 2.41. The van der Waals surface area contributed by atoms with Crippen molar-refractivity contribution in [2.45, 2.75) is 27.3 Å². The molecule has 0 aliphatic heterocycles. The standard InChI is InChI=1S/C18H17N5O/c1-12-4-6-15(7-5-12)8-9-18-17(10-19)20-22-23(18)11-16-13(2)21-24-14(16)3/h4-9H,11H2,1-3H3/b9-8+. The van der Waals surface area contributed by atoms with E-state index in [0.717, 1.165) is 22.6 Å². The van der Waals surface area contributed by atoms with Crippen molar-refractivity contribution in [3.63, 3.8) is 0 Å². The van der Waals surface area contributed by atoms with Crippen LogP contribution in [0, 0.1) is 32.1 Å². The van der Waals surface area contributed by atoms with Gasteiger partial charge >= 0.3 is 0 Å². The van der Waals surface area contributed by atoms with Crippen LogP contribution in [0.1, 0.15) is 39.5 Å². The van der Waals surface area contributed by atoms with Crippen molar-refractivity contribution < 1.29 is 4.52 Å². The highest BCUT2D eigenvalue weighted by Crippen LogP contribution is 2.17. The Labute approximate surface area is 140 Å². The molecule has 6 nitrogen and oxygen atoms in total. The Balaban J connectivity index is 1.94. The molecular formula is C18H17N5O. The molecule has 24 heavy (non-hydrogen) atoms. The summed E-state index contributed by atoms with van der Waals surface area (Å²) in [5.41, 5.74) is 4.98. The largest absolute Gasteiger partial charge is 0.361 e.